The van der Waals surface area contributed by atoms with Crippen molar-refractivity contribution in [2.45, 2.75) is 25.3 Å². The number of phenols is 1. The molecule has 0 saturated carbocycles. The number of halogens is 1. The number of hydrogen-bond donors (Lipinski definition) is 2. The summed E-state index contributed by atoms with van der Waals surface area (Å²) < 4.78 is 0. The Kier molecular flexibility index (Phi) is 4.77. The molecule has 0 fully saturated rings. The third-order valence-electron chi connectivity index (χ3n) is 2.07. The summed E-state index contributed by atoms with van der Waals surface area (Å²) in [6.07, 6.45) is 0.976. The average molecular weight is 214 g/mol. The van der Waals surface area contributed by atoms with Gasteiger partial charge in [-0.3, -0.25) is 0 Å². The largest absolute Gasteiger partial charge is 0.508 e. The molecule has 2 N–H and O–H groups in total. The minimum Gasteiger partial charge on any atom is -0.508 e. The van der Waals surface area contributed by atoms with Crippen molar-refractivity contribution in [3.05, 3.63) is 29.8 Å². The van der Waals surface area contributed by atoms with Crippen molar-refractivity contribution in [1.82, 2.24) is 5.32 Å². The molecule has 0 aromatic heterocycles. The molecular weight excluding hydrogens is 198 g/mol. The van der Waals surface area contributed by atoms with E-state index in [0.717, 1.165) is 25.1 Å². The van der Waals surface area contributed by atoms with E-state index < -0.39 is 0 Å². The lowest BCUT2D eigenvalue weighted by atomic mass is 10.2. The van der Waals surface area contributed by atoms with Crippen LogP contribution in [0.1, 0.15) is 18.9 Å². The number of alkyl halides is 1. The van der Waals surface area contributed by atoms with Crippen LogP contribution in [0.25, 0.3) is 0 Å². The summed E-state index contributed by atoms with van der Waals surface area (Å²) in [7, 11) is 0. The van der Waals surface area contributed by atoms with Gasteiger partial charge in [-0.05, 0) is 24.1 Å². The van der Waals surface area contributed by atoms with Crippen LogP contribution >= 0.6 is 11.6 Å². The van der Waals surface area contributed by atoms with E-state index >= 15 is 0 Å². The number of benzene rings is 1. The molecule has 78 valence electrons. The fourth-order valence-electron chi connectivity index (χ4n) is 1.13. The van der Waals surface area contributed by atoms with Gasteiger partial charge in [0.15, 0.2) is 0 Å². The zero-order valence-corrected chi connectivity index (χ0v) is 9.09. The molecule has 14 heavy (non-hydrogen) atoms. The zero-order chi connectivity index (χ0) is 10.4. The molecule has 0 spiro atoms. The van der Waals surface area contributed by atoms with E-state index in [2.05, 4.69) is 12.2 Å². The van der Waals surface area contributed by atoms with Gasteiger partial charge in [-0.25, -0.2) is 0 Å². The molecule has 1 atom stereocenters. The van der Waals surface area contributed by atoms with Crippen LogP contribution in [0.4, 0.5) is 0 Å². The maximum absolute atomic E-state index is 9.07. The first-order valence-electron chi connectivity index (χ1n) is 4.85. The highest BCUT2D eigenvalue weighted by Crippen LogP contribution is 2.09. The molecule has 0 bridgehead atoms. The van der Waals surface area contributed by atoms with Crippen molar-refractivity contribution in [2.75, 3.05) is 6.54 Å². The van der Waals surface area contributed by atoms with E-state index in [0.29, 0.717) is 5.75 Å². The first-order chi connectivity index (χ1) is 6.72. The predicted molar refractivity (Wildman–Crippen MR) is 59.7 cm³/mol. The van der Waals surface area contributed by atoms with Gasteiger partial charge < -0.3 is 10.4 Å². The Hall–Kier alpha value is -0.730. The first-order valence-corrected chi connectivity index (χ1v) is 5.28. The van der Waals surface area contributed by atoms with Gasteiger partial charge in [-0.1, -0.05) is 19.1 Å². The Morgan fingerprint density at radius 3 is 2.57 bits per heavy atom. The van der Waals surface area contributed by atoms with Crippen LogP contribution in [0, 0.1) is 0 Å². The minimum atomic E-state index is 0.201. The topological polar surface area (TPSA) is 32.3 Å². The fraction of sp³-hybridized carbons (Fsp3) is 0.455. The van der Waals surface area contributed by atoms with Crippen molar-refractivity contribution in [2.24, 2.45) is 0 Å². The van der Waals surface area contributed by atoms with E-state index in [1.54, 1.807) is 12.1 Å². The number of aromatic hydroxyl groups is 1. The Labute approximate surface area is 89.9 Å². The predicted octanol–water partition coefficient (Wildman–Crippen LogP) is 2.50. The second kappa shape index (κ2) is 5.89. The molecule has 1 aromatic carbocycles. The number of nitrogens with one attached hydrogen (secondary N) is 1. The van der Waals surface area contributed by atoms with Gasteiger partial charge in [-0.15, -0.1) is 11.6 Å². The molecule has 1 unspecified atom stereocenters. The Balaban J connectivity index is 2.28. The monoisotopic (exact) mass is 213 g/mol. The summed E-state index contributed by atoms with van der Waals surface area (Å²) >= 11 is 5.95. The normalized spacial score (nSPS) is 12.7. The average Bonchev–Trinajstić information content (AvgIpc) is 2.21. The molecule has 0 amide bonds. The van der Waals surface area contributed by atoms with Crippen LogP contribution in [-0.2, 0) is 6.54 Å². The second-order valence-electron chi connectivity index (χ2n) is 3.30. The number of rotatable bonds is 5. The van der Waals surface area contributed by atoms with Gasteiger partial charge in [0, 0.05) is 18.5 Å². The standard InChI is InChI=1S/C11H16ClNO/c1-2-10(12)8-13-7-9-3-5-11(14)6-4-9/h3-6,10,13-14H,2,7-8H2,1H3. The molecule has 0 aliphatic carbocycles. The molecule has 0 aliphatic rings. The quantitative estimate of drug-likeness (QED) is 0.737. The summed E-state index contributed by atoms with van der Waals surface area (Å²) in [5, 5.41) is 12.5. The summed E-state index contributed by atoms with van der Waals surface area (Å²) in [5.41, 5.74) is 1.16. The van der Waals surface area contributed by atoms with E-state index in [1.807, 2.05) is 12.1 Å². The van der Waals surface area contributed by atoms with Crippen LogP contribution < -0.4 is 5.32 Å². The summed E-state index contributed by atoms with van der Waals surface area (Å²) in [4.78, 5) is 0. The van der Waals surface area contributed by atoms with Crippen LogP contribution in [0.15, 0.2) is 24.3 Å². The lowest BCUT2D eigenvalue weighted by molar-refractivity contribution is 0.475. The number of phenolic OH excluding ortho intramolecular Hbond substituents is 1. The molecular formula is C11H16ClNO. The Morgan fingerprint density at radius 2 is 2.00 bits per heavy atom. The Bertz CT molecular complexity index is 260. The molecule has 1 rings (SSSR count). The maximum Gasteiger partial charge on any atom is 0.115 e. The van der Waals surface area contributed by atoms with E-state index in [9.17, 15) is 0 Å². The second-order valence-corrected chi connectivity index (χ2v) is 3.92. The molecule has 0 radical (unpaired) electrons. The summed E-state index contributed by atoms with van der Waals surface area (Å²) in [5.74, 6) is 0.303. The third-order valence-corrected chi connectivity index (χ3v) is 2.54. The molecule has 1 aromatic rings. The van der Waals surface area contributed by atoms with Gasteiger partial charge in [-0.2, -0.15) is 0 Å². The third kappa shape index (κ3) is 3.99. The molecule has 2 nitrogen and oxygen atoms in total. The lowest BCUT2D eigenvalue weighted by Crippen LogP contribution is -2.22. The SMILES string of the molecule is CCC(Cl)CNCc1ccc(O)cc1. The van der Waals surface area contributed by atoms with Crippen LogP contribution in [0.5, 0.6) is 5.75 Å². The maximum atomic E-state index is 9.07. The highest BCUT2D eigenvalue weighted by Gasteiger charge is 1.99. The minimum absolute atomic E-state index is 0.201. The summed E-state index contributed by atoms with van der Waals surface area (Å²) in [6.45, 7) is 3.68. The van der Waals surface area contributed by atoms with Gasteiger partial charge in [0.25, 0.3) is 0 Å². The Morgan fingerprint density at radius 1 is 1.36 bits per heavy atom. The van der Waals surface area contributed by atoms with Crippen LogP contribution in [0.3, 0.4) is 0 Å². The van der Waals surface area contributed by atoms with Crippen molar-refractivity contribution >= 4 is 11.6 Å². The van der Waals surface area contributed by atoms with Gasteiger partial charge in [0.05, 0.1) is 0 Å². The smallest absolute Gasteiger partial charge is 0.115 e. The van der Waals surface area contributed by atoms with Crippen molar-refractivity contribution in [3.8, 4) is 5.75 Å². The molecule has 3 heteroatoms. The highest BCUT2D eigenvalue weighted by atomic mass is 35.5. The van der Waals surface area contributed by atoms with Crippen molar-refractivity contribution in [3.63, 3.8) is 0 Å². The van der Waals surface area contributed by atoms with Gasteiger partial charge in [0.2, 0.25) is 0 Å². The first kappa shape index (κ1) is 11.3. The number of hydrogen-bond acceptors (Lipinski definition) is 2. The highest BCUT2D eigenvalue weighted by molar-refractivity contribution is 6.20. The molecule has 0 saturated heterocycles. The van der Waals surface area contributed by atoms with E-state index in [1.165, 1.54) is 0 Å². The van der Waals surface area contributed by atoms with Crippen LogP contribution in [0.2, 0.25) is 0 Å². The van der Waals surface area contributed by atoms with Gasteiger partial charge in [0.1, 0.15) is 5.75 Å². The molecule has 0 heterocycles. The zero-order valence-electron chi connectivity index (χ0n) is 8.33. The van der Waals surface area contributed by atoms with Crippen molar-refractivity contribution < 1.29 is 5.11 Å². The van der Waals surface area contributed by atoms with E-state index in [4.69, 9.17) is 16.7 Å². The summed E-state index contributed by atoms with van der Waals surface area (Å²) in [6, 6.07) is 7.18. The van der Waals surface area contributed by atoms with Gasteiger partial charge >= 0.3 is 0 Å². The van der Waals surface area contributed by atoms with E-state index in [-0.39, 0.29) is 5.38 Å². The van der Waals surface area contributed by atoms with Crippen molar-refractivity contribution in [1.29, 1.82) is 0 Å². The fourth-order valence-corrected chi connectivity index (χ4v) is 1.24. The molecule has 0 aliphatic heterocycles. The van der Waals surface area contributed by atoms with Crippen LogP contribution in [-0.4, -0.2) is 17.0 Å². The lowest BCUT2D eigenvalue weighted by Gasteiger charge is -2.08.